The van der Waals surface area contributed by atoms with E-state index in [0.717, 1.165) is 6.42 Å². The summed E-state index contributed by atoms with van der Waals surface area (Å²) in [5.41, 5.74) is 2.81. The Bertz CT molecular complexity index is 752. The quantitative estimate of drug-likeness (QED) is 0.507. The van der Waals surface area contributed by atoms with Crippen molar-refractivity contribution in [2.24, 2.45) is 0 Å². The van der Waals surface area contributed by atoms with Gasteiger partial charge in [0, 0.05) is 0 Å². The Kier molecular flexibility index (Phi) is 9.42. The Morgan fingerprint density at radius 2 is 1.33 bits per heavy atom. The summed E-state index contributed by atoms with van der Waals surface area (Å²) in [5, 5.41) is 2.80. The van der Waals surface area contributed by atoms with E-state index >= 15 is 0 Å². The molecule has 0 aromatic heterocycles. The van der Waals surface area contributed by atoms with Gasteiger partial charge in [0.05, 0.1) is 0 Å². The molecule has 2 aromatic rings. The van der Waals surface area contributed by atoms with E-state index < -0.39 is 10.4 Å². The average Bonchev–Trinajstić information content (AvgIpc) is 2.36. The molecular weight excluding hydrogens is 328 g/mol. The lowest BCUT2D eigenvalue weighted by Gasteiger charge is -2.11. The van der Waals surface area contributed by atoms with Crippen LogP contribution in [-0.4, -0.2) is 17.5 Å². The van der Waals surface area contributed by atoms with E-state index in [1.165, 1.54) is 47.6 Å². The van der Waals surface area contributed by atoms with Crippen molar-refractivity contribution in [3.05, 3.63) is 53.6 Å². The SMILES string of the molecule is C1=Cc2cccc3cccc(c23)C1.C1CCC1.N.N.O=S(=O)(O)O. The number of hydrogen-bond donors (Lipinski definition) is 4. The molecule has 2 aliphatic rings. The summed E-state index contributed by atoms with van der Waals surface area (Å²) in [5.74, 6) is 0. The fraction of sp³-hybridized carbons (Fsp3) is 0.294. The molecule has 1 fully saturated rings. The van der Waals surface area contributed by atoms with Gasteiger partial charge in [-0.25, -0.2) is 0 Å². The summed E-state index contributed by atoms with van der Waals surface area (Å²) in [4.78, 5) is 0. The largest absolute Gasteiger partial charge is 0.394 e. The molecule has 4 rings (SSSR count). The van der Waals surface area contributed by atoms with Gasteiger partial charge in [0.2, 0.25) is 0 Å². The molecular formula is C17H26N2O4S. The molecule has 1 saturated carbocycles. The minimum absolute atomic E-state index is 0. The van der Waals surface area contributed by atoms with Gasteiger partial charge in [0.15, 0.2) is 0 Å². The van der Waals surface area contributed by atoms with Gasteiger partial charge in [0.25, 0.3) is 0 Å². The topological polar surface area (TPSA) is 145 Å². The second kappa shape index (κ2) is 10.2. The lowest BCUT2D eigenvalue weighted by molar-refractivity contribution is 0.381. The number of hydrogen-bond acceptors (Lipinski definition) is 4. The van der Waals surface area contributed by atoms with Gasteiger partial charge in [0.1, 0.15) is 0 Å². The fourth-order valence-electron chi connectivity index (χ4n) is 2.32. The van der Waals surface area contributed by atoms with Crippen LogP contribution in [0.3, 0.4) is 0 Å². The van der Waals surface area contributed by atoms with Gasteiger partial charge in [-0.15, -0.1) is 0 Å². The van der Waals surface area contributed by atoms with Crippen LogP contribution in [0, 0.1) is 0 Å². The number of rotatable bonds is 0. The van der Waals surface area contributed by atoms with Gasteiger partial charge in [-0.3, -0.25) is 9.11 Å². The van der Waals surface area contributed by atoms with E-state index in [9.17, 15) is 0 Å². The van der Waals surface area contributed by atoms with Crippen LogP contribution in [0.5, 0.6) is 0 Å². The van der Waals surface area contributed by atoms with Gasteiger partial charge in [-0.05, 0) is 28.3 Å². The third kappa shape index (κ3) is 7.20. The van der Waals surface area contributed by atoms with Crippen molar-refractivity contribution in [2.75, 3.05) is 0 Å². The van der Waals surface area contributed by atoms with Crippen molar-refractivity contribution in [1.82, 2.24) is 12.3 Å². The van der Waals surface area contributed by atoms with E-state index in [1.807, 2.05) is 0 Å². The molecule has 134 valence electrons. The molecule has 0 spiro atoms. The summed E-state index contributed by atoms with van der Waals surface area (Å²) < 4.78 is 31.6. The third-order valence-electron chi connectivity index (χ3n) is 3.66. The normalized spacial score (nSPS) is 13.8. The smallest absolute Gasteiger partial charge is 0.344 e. The van der Waals surface area contributed by atoms with Crippen molar-refractivity contribution in [3.8, 4) is 0 Å². The molecule has 2 aromatic carbocycles. The molecule has 0 radical (unpaired) electrons. The Hall–Kier alpha value is -1.77. The highest BCUT2D eigenvalue weighted by molar-refractivity contribution is 7.79. The molecule has 6 nitrogen and oxygen atoms in total. The summed E-state index contributed by atoms with van der Waals surface area (Å²) in [6.45, 7) is 0. The maximum atomic E-state index is 8.74. The Balaban J connectivity index is 0.000000408. The molecule has 0 bridgehead atoms. The van der Waals surface area contributed by atoms with Gasteiger partial charge >= 0.3 is 10.4 Å². The van der Waals surface area contributed by atoms with Crippen molar-refractivity contribution in [1.29, 1.82) is 0 Å². The van der Waals surface area contributed by atoms with E-state index in [2.05, 4.69) is 48.6 Å². The molecule has 8 N–H and O–H groups in total. The fourth-order valence-corrected chi connectivity index (χ4v) is 2.32. The first kappa shape index (κ1) is 22.2. The van der Waals surface area contributed by atoms with Crippen molar-refractivity contribution >= 4 is 27.2 Å². The van der Waals surface area contributed by atoms with E-state index in [1.54, 1.807) is 0 Å². The first-order chi connectivity index (χ1) is 10.4. The monoisotopic (exact) mass is 354 g/mol. The summed E-state index contributed by atoms with van der Waals surface area (Å²) in [6, 6.07) is 13.0. The lowest BCUT2D eigenvalue weighted by atomic mass is 9.93. The zero-order chi connectivity index (χ0) is 16.0. The Morgan fingerprint density at radius 3 is 1.83 bits per heavy atom. The van der Waals surface area contributed by atoms with Gasteiger partial charge in [-0.1, -0.05) is 74.2 Å². The molecule has 0 saturated heterocycles. The Morgan fingerprint density at radius 1 is 0.833 bits per heavy atom. The summed E-state index contributed by atoms with van der Waals surface area (Å²) in [6.07, 6.45) is 11.5. The minimum atomic E-state index is -4.67. The van der Waals surface area contributed by atoms with Gasteiger partial charge in [-0.2, -0.15) is 8.42 Å². The highest BCUT2D eigenvalue weighted by Gasteiger charge is 2.06. The highest BCUT2D eigenvalue weighted by atomic mass is 32.3. The molecule has 0 heterocycles. The predicted octanol–water partition coefficient (Wildman–Crippen LogP) is 4.64. The van der Waals surface area contributed by atoms with Crippen LogP contribution < -0.4 is 12.3 Å². The van der Waals surface area contributed by atoms with E-state index in [0.29, 0.717) is 0 Å². The van der Waals surface area contributed by atoms with Crippen LogP contribution >= 0.6 is 0 Å². The number of allylic oxidation sites excluding steroid dienone is 1. The number of benzene rings is 2. The maximum absolute atomic E-state index is 8.74. The van der Waals surface area contributed by atoms with Crippen LogP contribution in [0.2, 0.25) is 0 Å². The van der Waals surface area contributed by atoms with Crippen molar-refractivity contribution in [3.63, 3.8) is 0 Å². The predicted molar refractivity (Wildman–Crippen MR) is 99.4 cm³/mol. The zero-order valence-electron chi connectivity index (χ0n) is 13.7. The molecule has 0 atom stereocenters. The van der Waals surface area contributed by atoms with Crippen LogP contribution in [-0.2, 0) is 16.8 Å². The minimum Gasteiger partial charge on any atom is -0.344 e. The average molecular weight is 354 g/mol. The van der Waals surface area contributed by atoms with Crippen LogP contribution in [0.1, 0.15) is 36.8 Å². The van der Waals surface area contributed by atoms with E-state index in [-0.39, 0.29) is 12.3 Å². The lowest BCUT2D eigenvalue weighted by Crippen LogP contribution is -1.91. The zero-order valence-corrected chi connectivity index (χ0v) is 14.5. The van der Waals surface area contributed by atoms with Crippen LogP contribution in [0.25, 0.3) is 16.8 Å². The molecule has 0 amide bonds. The highest BCUT2D eigenvalue weighted by Crippen LogP contribution is 2.27. The van der Waals surface area contributed by atoms with Crippen LogP contribution in [0.4, 0.5) is 0 Å². The first-order valence-electron chi connectivity index (χ1n) is 7.32. The summed E-state index contributed by atoms with van der Waals surface area (Å²) >= 11 is 0. The standard InChI is InChI=1S/C13H10.C4H8.2H3N.H2O4S/c1-4-10-6-2-8-12-9-3-7-11(5-1)13(10)12;1-2-4-3-1;;;1-5(2,3)4/h1-8H,9H2;1-4H2;2*1H3;(H2,1,2,3,4). The van der Waals surface area contributed by atoms with Crippen molar-refractivity contribution in [2.45, 2.75) is 32.1 Å². The molecule has 2 aliphatic carbocycles. The summed E-state index contributed by atoms with van der Waals surface area (Å²) in [7, 11) is -4.67. The molecule has 0 unspecified atom stereocenters. The van der Waals surface area contributed by atoms with Crippen LogP contribution in [0.15, 0.2) is 42.5 Å². The van der Waals surface area contributed by atoms with Gasteiger partial charge < -0.3 is 12.3 Å². The third-order valence-corrected chi connectivity index (χ3v) is 3.66. The molecule has 7 heteroatoms. The second-order valence-electron chi connectivity index (χ2n) is 5.33. The molecule has 24 heavy (non-hydrogen) atoms. The van der Waals surface area contributed by atoms with E-state index in [4.69, 9.17) is 17.5 Å². The maximum Gasteiger partial charge on any atom is 0.394 e. The Labute approximate surface area is 143 Å². The van der Waals surface area contributed by atoms with Crippen molar-refractivity contribution < 1.29 is 17.5 Å². The second-order valence-corrected chi connectivity index (χ2v) is 6.23. The molecule has 0 aliphatic heterocycles. The first-order valence-corrected chi connectivity index (χ1v) is 8.72.